The quantitative estimate of drug-likeness (QED) is 0.260. The van der Waals surface area contributed by atoms with Crippen molar-refractivity contribution in [1.29, 1.82) is 0 Å². The van der Waals surface area contributed by atoms with Crippen LogP contribution in [0.2, 0.25) is 0 Å². The van der Waals surface area contributed by atoms with Crippen LogP contribution in [-0.4, -0.2) is 16.2 Å². The zero-order valence-electron chi connectivity index (χ0n) is 22.8. The molecule has 3 heterocycles. The highest BCUT2D eigenvalue weighted by Crippen LogP contribution is 2.43. The van der Waals surface area contributed by atoms with E-state index in [1.54, 1.807) is 7.11 Å². The Balaban J connectivity index is 1.47. The first-order chi connectivity index (χ1) is 19.7. The second kappa shape index (κ2) is 10.1. The van der Waals surface area contributed by atoms with E-state index in [0.29, 0.717) is 4.53 Å². The SMILES string of the molecule is CCCCn1cc(C=c2sc3n(c2=O)C(c2ccccc2OC)C2=C(N=3)c3ccccc3CC2)c2ccccc21. The number of nitrogens with zero attached hydrogens (tertiary/aromatic N) is 3. The Hall–Kier alpha value is -4.16. The number of unbranched alkanes of at least 4 members (excludes halogenated alkanes) is 1. The summed E-state index contributed by atoms with van der Waals surface area (Å²) in [6.45, 7) is 3.18. The number of thiazole rings is 1. The van der Waals surface area contributed by atoms with Gasteiger partial charge in [-0.3, -0.25) is 9.36 Å². The summed E-state index contributed by atoms with van der Waals surface area (Å²) >= 11 is 1.48. The fraction of sp³-hybridized carbons (Fsp3) is 0.235. The number of fused-ring (bicyclic) bond motifs is 4. The molecule has 0 radical (unpaired) electrons. The van der Waals surface area contributed by atoms with Crippen molar-refractivity contribution in [2.75, 3.05) is 7.11 Å². The molecule has 0 saturated carbocycles. The molecule has 6 heteroatoms. The third-order valence-corrected chi connectivity index (χ3v) is 9.15. The van der Waals surface area contributed by atoms with E-state index < -0.39 is 0 Å². The van der Waals surface area contributed by atoms with E-state index in [2.05, 4.69) is 78.4 Å². The smallest absolute Gasteiger partial charge is 0.271 e. The Kier molecular flexibility index (Phi) is 6.28. The van der Waals surface area contributed by atoms with Crippen LogP contribution in [0, 0.1) is 0 Å². The van der Waals surface area contributed by atoms with Crippen LogP contribution in [0.25, 0.3) is 22.7 Å². The fourth-order valence-corrected chi connectivity index (χ4v) is 7.23. The predicted octanol–water partition coefficient (Wildman–Crippen LogP) is 6.08. The minimum absolute atomic E-state index is 0.00421. The van der Waals surface area contributed by atoms with E-state index >= 15 is 0 Å². The Labute approximate surface area is 237 Å². The van der Waals surface area contributed by atoms with Crippen LogP contribution in [0.4, 0.5) is 0 Å². The number of aryl methyl sites for hydroxylation is 2. The number of para-hydroxylation sites is 2. The number of methoxy groups -OCH3 is 1. The highest BCUT2D eigenvalue weighted by atomic mass is 32.1. The van der Waals surface area contributed by atoms with Crippen molar-refractivity contribution in [3.63, 3.8) is 0 Å². The first kappa shape index (κ1) is 24.9. The molecule has 0 bridgehead atoms. The van der Waals surface area contributed by atoms with Crippen LogP contribution in [0.3, 0.4) is 0 Å². The number of benzene rings is 3. The van der Waals surface area contributed by atoms with Crippen molar-refractivity contribution < 1.29 is 4.74 Å². The van der Waals surface area contributed by atoms with Gasteiger partial charge in [-0.15, -0.1) is 0 Å². The van der Waals surface area contributed by atoms with Crippen molar-refractivity contribution in [1.82, 2.24) is 9.13 Å². The summed E-state index contributed by atoms with van der Waals surface area (Å²) in [6.07, 6.45) is 8.29. The lowest BCUT2D eigenvalue weighted by Gasteiger charge is -2.31. The summed E-state index contributed by atoms with van der Waals surface area (Å²) in [6, 6.07) is 24.8. The van der Waals surface area contributed by atoms with E-state index in [-0.39, 0.29) is 11.6 Å². The zero-order valence-corrected chi connectivity index (χ0v) is 23.6. The molecule has 200 valence electrons. The molecular formula is C34H31N3O2S. The van der Waals surface area contributed by atoms with Crippen LogP contribution >= 0.6 is 11.3 Å². The van der Waals surface area contributed by atoms with E-state index in [1.165, 1.54) is 38.9 Å². The summed E-state index contributed by atoms with van der Waals surface area (Å²) in [5.74, 6) is 0.786. The molecule has 7 rings (SSSR count). The lowest BCUT2D eigenvalue weighted by atomic mass is 9.83. The third kappa shape index (κ3) is 3.97. The van der Waals surface area contributed by atoms with Crippen molar-refractivity contribution in [2.24, 2.45) is 4.99 Å². The molecule has 5 nitrogen and oxygen atoms in total. The van der Waals surface area contributed by atoms with Gasteiger partial charge in [0.1, 0.15) is 5.75 Å². The highest BCUT2D eigenvalue weighted by Gasteiger charge is 2.34. The number of aromatic nitrogens is 2. The molecule has 0 saturated heterocycles. The largest absolute Gasteiger partial charge is 0.496 e. The van der Waals surface area contributed by atoms with Crippen LogP contribution in [0.15, 0.2) is 94.4 Å². The lowest BCUT2D eigenvalue weighted by Crippen LogP contribution is -2.38. The molecule has 3 aromatic carbocycles. The second-order valence-corrected chi connectivity index (χ2v) is 11.5. The molecular weight excluding hydrogens is 514 g/mol. The van der Waals surface area contributed by atoms with Crippen LogP contribution in [0.5, 0.6) is 5.75 Å². The Morgan fingerprint density at radius 3 is 2.70 bits per heavy atom. The predicted molar refractivity (Wildman–Crippen MR) is 163 cm³/mol. The van der Waals surface area contributed by atoms with Gasteiger partial charge in [-0.25, -0.2) is 4.99 Å². The molecule has 1 aliphatic carbocycles. The van der Waals surface area contributed by atoms with Gasteiger partial charge in [0.25, 0.3) is 5.56 Å². The molecule has 2 aliphatic rings. The average Bonchev–Trinajstić information content (AvgIpc) is 3.51. The summed E-state index contributed by atoms with van der Waals surface area (Å²) < 4.78 is 10.7. The van der Waals surface area contributed by atoms with Crippen LogP contribution in [-0.2, 0) is 13.0 Å². The molecule has 1 unspecified atom stereocenters. The number of hydrogen-bond donors (Lipinski definition) is 0. The molecule has 1 atom stereocenters. The van der Waals surface area contributed by atoms with Gasteiger partial charge in [0.05, 0.1) is 23.4 Å². The standard InChI is InChI=1S/C34H31N3O2S/c1-3-4-19-36-21-23(24-12-7-9-15-28(24)36)20-30-33(38)37-32(26-14-8-10-16-29(26)39-2)27-18-17-22-11-5-6-13-25(22)31(27)35-34(37)40-30/h5-16,20-21,32H,3-4,17-19H2,1-2H3. The number of ether oxygens (including phenoxy) is 1. The normalized spacial score (nSPS) is 16.4. The molecule has 2 aromatic heterocycles. The van der Waals surface area contributed by atoms with Crippen molar-refractivity contribution in [2.45, 2.75) is 45.2 Å². The van der Waals surface area contributed by atoms with Crippen LogP contribution < -0.4 is 19.6 Å². The molecule has 0 N–H and O–H groups in total. The molecule has 0 spiro atoms. The highest BCUT2D eigenvalue weighted by molar-refractivity contribution is 7.07. The minimum atomic E-state index is -0.260. The van der Waals surface area contributed by atoms with Gasteiger partial charge in [-0.2, -0.15) is 0 Å². The Morgan fingerprint density at radius 2 is 1.82 bits per heavy atom. The lowest BCUT2D eigenvalue weighted by molar-refractivity contribution is 0.402. The Bertz CT molecular complexity index is 1970. The van der Waals surface area contributed by atoms with E-state index in [9.17, 15) is 4.79 Å². The van der Waals surface area contributed by atoms with E-state index in [0.717, 1.165) is 59.6 Å². The van der Waals surface area contributed by atoms with Crippen LogP contribution in [0.1, 0.15) is 54.5 Å². The zero-order chi connectivity index (χ0) is 27.2. The van der Waals surface area contributed by atoms with E-state index in [4.69, 9.17) is 9.73 Å². The second-order valence-electron chi connectivity index (χ2n) is 10.5. The first-order valence-electron chi connectivity index (χ1n) is 14.0. The van der Waals surface area contributed by atoms with E-state index in [1.807, 2.05) is 22.8 Å². The summed E-state index contributed by atoms with van der Waals surface area (Å²) in [5, 5.41) is 1.17. The van der Waals surface area contributed by atoms with Gasteiger partial charge in [-0.1, -0.05) is 85.3 Å². The molecule has 5 aromatic rings. The maximum absolute atomic E-state index is 14.2. The van der Waals surface area contributed by atoms with Gasteiger partial charge in [-0.05, 0) is 48.6 Å². The first-order valence-corrected chi connectivity index (χ1v) is 14.8. The molecule has 1 aliphatic heterocycles. The van der Waals surface area contributed by atoms with Crippen molar-refractivity contribution in [3.05, 3.63) is 127 Å². The molecule has 0 amide bonds. The summed E-state index contributed by atoms with van der Waals surface area (Å²) in [5.41, 5.74) is 7.92. The minimum Gasteiger partial charge on any atom is -0.496 e. The maximum Gasteiger partial charge on any atom is 0.271 e. The average molecular weight is 546 g/mol. The summed E-state index contributed by atoms with van der Waals surface area (Å²) in [4.78, 5) is 20.1. The maximum atomic E-state index is 14.2. The Morgan fingerprint density at radius 1 is 1.02 bits per heavy atom. The monoisotopic (exact) mass is 545 g/mol. The van der Waals surface area contributed by atoms with Crippen molar-refractivity contribution in [3.8, 4) is 5.75 Å². The molecule has 40 heavy (non-hydrogen) atoms. The number of allylic oxidation sites excluding steroid dienone is 1. The topological polar surface area (TPSA) is 48.5 Å². The summed E-state index contributed by atoms with van der Waals surface area (Å²) in [7, 11) is 1.70. The van der Waals surface area contributed by atoms with Gasteiger partial charge in [0.2, 0.25) is 0 Å². The third-order valence-electron chi connectivity index (χ3n) is 8.17. The van der Waals surface area contributed by atoms with Gasteiger partial charge >= 0.3 is 0 Å². The number of rotatable bonds is 6. The fourth-order valence-electron chi connectivity index (χ4n) is 6.24. The van der Waals surface area contributed by atoms with Gasteiger partial charge in [0.15, 0.2) is 4.80 Å². The number of hydrogen-bond acceptors (Lipinski definition) is 4. The van der Waals surface area contributed by atoms with Crippen molar-refractivity contribution >= 4 is 34.0 Å². The molecule has 0 fully saturated rings. The van der Waals surface area contributed by atoms with Gasteiger partial charge < -0.3 is 9.30 Å². The van der Waals surface area contributed by atoms with Gasteiger partial charge in [0, 0.05) is 40.3 Å².